The highest BCUT2D eigenvalue weighted by Crippen LogP contribution is 2.09. The molecule has 18 heavy (non-hydrogen) atoms. The molecule has 2 aromatic carbocycles. The Morgan fingerprint density at radius 1 is 1.00 bits per heavy atom. The van der Waals surface area contributed by atoms with E-state index in [2.05, 4.69) is 10.5 Å². The van der Waals surface area contributed by atoms with Crippen molar-refractivity contribution in [2.75, 3.05) is 12.0 Å². The molecule has 0 bridgehead atoms. The van der Waals surface area contributed by atoms with Crippen molar-refractivity contribution in [3.63, 3.8) is 0 Å². The molecule has 0 spiro atoms. The number of aliphatic hydroxyl groups excluding tert-OH is 1. The Bertz CT molecular complexity index is 492. The SMILES string of the molecule is OCCc1ccc(N/N=C/c2ccccc2)cc1. The van der Waals surface area contributed by atoms with Gasteiger partial charge in [0.15, 0.2) is 0 Å². The molecule has 2 rings (SSSR count). The molecule has 2 N–H and O–H groups in total. The van der Waals surface area contributed by atoms with Gasteiger partial charge in [0.2, 0.25) is 0 Å². The molecular weight excluding hydrogens is 224 g/mol. The van der Waals surface area contributed by atoms with Crippen LogP contribution >= 0.6 is 0 Å². The molecule has 0 aliphatic heterocycles. The fourth-order valence-electron chi connectivity index (χ4n) is 1.60. The Morgan fingerprint density at radius 2 is 1.72 bits per heavy atom. The van der Waals surface area contributed by atoms with Crippen molar-refractivity contribution < 1.29 is 5.11 Å². The first-order chi connectivity index (χ1) is 8.88. The molecule has 3 nitrogen and oxygen atoms in total. The summed E-state index contributed by atoms with van der Waals surface area (Å²) < 4.78 is 0. The molecule has 0 atom stereocenters. The summed E-state index contributed by atoms with van der Waals surface area (Å²) in [5.41, 5.74) is 6.08. The van der Waals surface area contributed by atoms with Crippen LogP contribution in [-0.4, -0.2) is 17.9 Å². The van der Waals surface area contributed by atoms with Gasteiger partial charge in [-0.2, -0.15) is 5.10 Å². The molecule has 0 unspecified atom stereocenters. The standard InChI is InChI=1S/C15H16N2O/c18-11-10-13-6-8-15(9-7-13)17-16-12-14-4-2-1-3-5-14/h1-9,12,17-18H,10-11H2/b16-12+. The smallest absolute Gasteiger partial charge is 0.0561 e. The molecule has 92 valence electrons. The van der Waals surface area contributed by atoms with Gasteiger partial charge in [0, 0.05) is 6.61 Å². The van der Waals surface area contributed by atoms with Crippen molar-refractivity contribution in [2.24, 2.45) is 5.10 Å². The second-order valence-corrected chi connectivity index (χ2v) is 3.95. The summed E-state index contributed by atoms with van der Waals surface area (Å²) in [4.78, 5) is 0. The second-order valence-electron chi connectivity index (χ2n) is 3.95. The third-order valence-electron chi connectivity index (χ3n) is 2.56. The lowest BCUT2D eigenvalue weighted by Gasteiger charge is -2.02. The van der Waals surface area contributed by atoms with Crippen molar-refractivity contribution in [3.8, 4) is 0 Å². The van der Waals surface area contributed by atoms with Crippen LogP contribution in [0.1, 0.15) is 11.1 Å². The molecule has 0 saturated carbocycles. The molecule has 0 aromatic heterocycles. The maximum Gasteiger partial charge on any atom is 0.0561 e. The molecule has 0 saturated heterocycles. The summed E-state index contributed by atoms with van der Waals surface area (Å²) in [6.45, 7) is 0.179. The van der Waals surface area contributed by atoms with Crippen molar-refractivity contribution in [2.45, 2.75) is 6.42 Å². The highest BCUT2D eigenvalue weighted by atomic mass is 16.2. The monoisotopic (exact) mass is 240 g/mol. The van der Waals surface area contributed by atoms with E-state index < -0.39 is 0 Å². The van der Waals surface area contributed by atoms with Gasteiger partial charge in [-0.3, -0.25) is 5.43 Å². The molecule has 3 heteroatoms. The van der Waals surface area contributed by atoms with Crippen molar-refractivity contribution in [3.05, 3.63) is 65.7 Å². The van der Waals surface area contributed by atoms with Crippen LogP contribution < -0.4 is 5.43 Å². The molecule has 0 radical (unpaired) electrons. The first kappa shape index (κ1) is 12.3. The summed E-state index contributed by atoms with van der Waals surface area (Å²) in [5.74, 6) is 0. The van der Waals surface area contributed by atoms with Gasteiger partial charge in [0.05, 0.1) is 11.9 Å². The Morgan fingerprint density at radius 3 is 2.39 bits per heavy atom. The number of aliphatic hydroxyl groups is 1. The zero-order valence-corrected chi connectivity index (χ0v) is 10.1. The van der Waals surface area contributed by atoms with Gasteiger partial charge in [-0.25, -0.2) is 0 Å². The lowest BCUT2D eigenvalue weighted by molar-refractivity contribution is 0.299. The fraction of sp³-hybridized carbons (Fsp3) is 0.133. The van der Waals surface area contributed by atoms with Crippen LogP contribution in [0.5, 0.6) is 0 Å². The summed E-state index contributed by atoms with van der Waals surface area (Å²) in [5, 5.41) is 13.0. The van der Waals surface area contributed by atoms with Crippen LogP contribution in [0.4, 0.5) is 5.69 Å². The van der Waals surface area contributed by atoms with Crippen LogP contribution in [0.2, 0.25) is 0 Å². The van der Waals surface area contributed by atoms with E-state index in [-0.39, 0.29) is 6.61 Å². The third kappa shape index (κ3) is 3.71. The average molecular weight is 240 g/mol. The molecule has 0 fully saturated rings. The molecule has 0 aliphatic carbocycles. The van der Waals surface area contributed by atoms with E-state index in [1.54, 1.807) is 6.21 Å². The number of anilines is 1. The minimum absolute atomic E-state index is 0.179. The summed E-state index contributed by atoms with van der Waals surface area (Å²) >= 11 is 0. The van der Waals surface area contributed by atoms with Gasteiger partial charge in [0.1, 0.15) is 0 Å². The van der Waals surface area contributed by atoms with E-state index in [0.29, 0.717) is 6.42 Å². The van der Waals surface area contributed by atoms with Gasteiger partial charge in [-0.05, 0) is 29.7 Å². The van der Waals surface area contributed by atoms with Gasteiger partial charge in [0.25, 0.3) is 0 Å². The van der Waals surface area contributed by atoms with Gasteiger partial charge < -0.3 is 5.11 Å². The second kappa shape index (κ2) is 6.57. The minimum Gasteiger partial charge on any atom is -0.396 e. The number of nitrogens with one attached hydrogen (secondary N) is 1. The zero-order chi connectivity index (χ0) is 12.6. The maximum atomic E-state index is 8.82. The minimum atomic E-state index is 0.179. The van der Waals surface area contributed by atoms with Crippen LogP contribution in [0, 0.1) is 0 Å². The Balaban J connectivity index is 1.92. The normalized spacial score (nSPS) is 10.7. The van der Waals surface area contributed by atoms with Crippen LogP contribution in [0.25, 0.3) is 0 Å². The van der Waals surface area contributed by atoms with E-state index in [9.17, 15) is 0 Å². The predicted molar refractivity (Wildman–Crippen MR) is 74.9 cm³/mol. The lowest BCUT2D eigenvalue weighted by Crippen LogP contribution is -1.93. The Kier molecular flexibility index (Phi) is 4.50. The summed E-state index contributed by atoms with van der Waals surface area (Å²) in [6, 6.07) is 17.8. The summed E-state index contributed by atoms with van der Waals surface area (Å²) in [6.07, 6.45) is 2.47. The van der Waals surface area contributed by atoms with Crippen molar-refractivity contribution in [1.82, 2.24) is 0 Å². The number of hydrogen-bond acceptors (Lipinski definition) is 3. The number of hydrogen-bond donors (Lipinski definition) is 2. The van der Waals surface area contributed by atoms with Crippen LogP contribution in [0.15, 0.2) is 59.7 Å². The number of nitrogens with zero attached hydrogens (tertiary/aromatic N) is 1. The Hall–Kier alpha value is -2.13. The number of rotatable bonds is 5. The first-order valence-electron chi connectivity index (χ1n) is 5.92. The summed E-state index contributed by atoms with van der Waals surface area (Å²) in [7, 11) is 0. The van der Waals surface area contributed by atoms with Gasteiger partial charge >= 0.3 is 0 Å². The van der Waals surface area contributed by atoms with Crippen LogP contribution in [0.3, 0.4) is 0 Å². The molecule has 0 aliphatic rings. The Labute approximate surface area is 107 Å². The maximum absolute atomic E-state index is 8.82. The fourth-order valence-corrected chi connectivity index (χ4v) is 1.60. The van der Waals surface area contributed by atoms with E-state index in [4.69, 9.17) is 5.11 Å². The molecular formula is C15H16N2O. The van der Waals surface area contributed by atoms with Gasteiger partial charge in [-0.1, -0.05) is 42.5 Å². The largest absolute Gasteiger partial charge is 0.396 e. The van der Waals surface area contributed by atoms with Crippen LogP contribution in [-0.2, 0) is 6.42 Å². The van der Waals surface area contributed by atoms with E-state index >= 15 is 0 Å². The number of benzene rings is 2. The predicted octanol–water partition coefficient (Wildman–Crippen LogP) is 2.67. The highest BCUT2D eigenvalue weighted by Gasteiger charge is 1.92. The van der Waals surface area contributed by atoms with Gasteiger partial charge in [-0.15, -0.1) is 0 Å². The highest BCUT2D eigenvalue weighted by molar-refractivity contribution is 5.80. The quantitative estimate of drug-likeness (QED) is 0.623. The topological polar surface area (TPSA) is 44.6 Å². The molecule has 0 amide bonds. The average Bonchev–Trinajstić information content (AvgIpc) is 2.42. The third-order valence-corrected chi connectivity index (χ3v) is 2.56. The van der Waals surface area contributed by atoms with E-state index in [1.165, 1.54) is 0 Å². The molecule has 2 aromatic rings. The first-order valence-corrected chi connectivity index (χ1v) is 5.92. The zero-order valence-electron chi connectivity index (χ0n) is 10.1. The van der Waals surface area contributed by atoms with Crippen molar-refractivity contribution in [1.29, 1.82) is 0 Å². The van der Waals surface area contributed by atoms with E-state index in [1.807, 2.05) is 54.6 Å². The van der Waals surface area contributed by atoms with Crippen molar-refractivity contribution >= 4 is 11.9 Å². The molecule has 0 heterocycles. The van der Waals surface area contributed by atoms with E-state index in [0.717, 1.165) is 16.8 Å². The lowest BCUT2D eigenvalue weighted by atomic mass is 10.1. The number of hydrazone groups is 1.